The van der Waals surface area contributed by atoms with Crippen LogP contribution in [0, 0.1) is 0 Å². The molecule has 64 heavy (non-hydrogen) atoms. The van der Waals surface area contributed by atoms with Gasteiger partial charge in [0.2, 0.25) is 0 Å². The van der Waals surface area contributed by atoms with E-state index in [2.05, 4.69) is 253 Å². The van der Waals surface area contributed by atoms with Crippen molar-refractivity contribution >= 4 is 8.69 Å². The molecule has 0 fully saturated rings. The van der Waals surface area contributed by atoms with Crippen LogP contribution in [0.3, 0.4) is 0 Å². The highest BCUT2D eigenvalue weighted by Crippen LogP contribution is 2.59. The van der Waals surface area contributed by atoms with Gasteiger partial charge < -0.3 is 0 Å². The average Bonchev–Trinajstić information content (AvgIpc) is 3.10. The molecule has 0 aliphatic heterocycles. The van der Waals surface area contributed by atoms with Gasteiger partial charge in [0.1, 0.15) is 11.2 Å². The van der Waals surface area contributed by atoms with Crippen molar-refractivity contribution in [2.75, 3.05) is 0 Å². The van der Waals surface area contributed by atoms with Crippen molar-refractivity contribution in [3.05, 3.63) is 140 Å². The van der Waals surface area contributed by atoms with E-state index in [1.807, 2.05) is 0 Å². The molecule has 0 saturated heterocycles. The molecule has 4 rings (SSSR count). The van der Waals surface area contributed by atoms with Crippen LogP contribution < -0.4 is 0 Å². The zero-order valence-electron chi connectivity index (χ0n) is 45.6. The smallest absolute Gasteiger partial charge is 0.293 e. The fourth-order valence-corrected chi connectivity index (χ4v) is 9.99. The number of halogens is 1. The maximum Gasteiger partial charge on any atom is 0.377 e. The lowest BCUT2D eigenvalue weighted by Gasteiger charge is -2.43. The summed E-state index contributed by atoms with van der Waals surface area (Å²) in [5, 5.41) is 0. The number of rotatable bonds is 8. The monoisotopic (exact) mass is 893 g/mol. The number of benzene rings is 4. The molecule has 4 heteroatoms. The van der Waals surface area contributed by atoms with Gasteiger partial charge in [0.25, 0.3) is 0 Å². The lowest BCUT2D eigenvalue weighted by Crippen LogP contribution is -2.36. The average molecular weight is 893 g/mol. The third-order valence-corrected chi connectivity index (χ3v) is 14.4. The first-order valence-corrected chi connectivity index (χ1v) is 25.0. The number of hydrogen-bond donors (Lipinski definition) is 0. The molecule has 0 atom stereocenters. The van der Waals surface area contributed by atoms with Gasteiger partial charge in [-0.25, -0.2) is 0 Å². The molecule has 0 unspecified atom stereocenters. The van der Waals surface area contributed by atoms with Crippen LogP contribution >= 0.6 is 8.69 Å². The second-order valence-corrected chi connectivity index (χ2v) is 28.3. The number of hydrogen-bond acceptors (Lipinski definition) is 2. The van der Waals surface area contributed by atoms with E-state index in [0.717, 1.165) is 44.5 Å². The molecule has 0 amide bonds. The quantitative estimate of drug-likeness (QED) is 0.164. The Morgan fingerprint density at radius 1 is 0.266 bits per heavy atom. The van der Waals surface area contributed by atoms with Gasteiger partial charge in [0.05, 0.1) is 0 Å². The van der Waals surface area contributed by atoms with Crippen LogP contribution in [0.25, 0.3) is 0 Å². The van der Waals surface area contributed by atoms with E-state index in [1.54, 1.807) is 0 Å². The zero-order valence-corrected chi connectivity index (χ0v) is 46.5. The van der Waals surface area contributed by atoms with Crippen molar-refractivity contribution in [1.82, 2.24) is 0 Å². The van der Waals surface area contributed by atoms with E-state index >= 15 is 4.20 Å². The highest BCUT2D eigenvalue weighted by atomic mass is 31.2. The van der Waals surface area contributed by atoms with Gasteiger partial charge in [0.15, 0.2) is 0 Å². The van der Waals surface area contributed by atoms with E-state index < -0.39 is 19.9 Å². The summed E-state index contributed by atoms with van der Waals surface area (Å²) in [7, 11) is -3.06. The fourth-order valence-electron chi connectivity index (χ4n) is 8.98. The Labute approximate surface area is 394 Å². The summed E-state index contributed by atoms with van der Waals surface area (Å²) in [6.07, 6.45) is 0. The molecule has 0 aliphatic rings. The van der Waals surface area contributed by atoms with E-state index in [1.165, 1.54) is 22.3 Å². The molecule has 0 bridgehead atoms. The molecule has 0 N–H and O–H groups in total. The standard InChI is InChI=1S/C60H90FO2P/c1-51(2,3)39-27-31-43(47(35-39)55(13,14)15)59(25,44-32-28-40(52(4,5)6)36-48(44)56(16,17)18)62-64(61)63-60(26,45-33-29-41(53(7,8)9)37-49(45)57(19,20)21)46-34-30-42(54(10,11)12)38-50(46)58(22,23)24/h27-38H,1-26H3. The molecule has 354 valence electrons. The second kappa shape index (κ2) is 17.4. The van der Waals surface area contributed by atoms with Crippen LogP contribution in [0.1, 0.15) is 247 Å². The third kappa shape index (κ3) is 11.6. The van der Waals surface area contributed by atoms with Crippen LogP contribution in [0.15, 0.2) is 72.8 Å². The lowest BCUT2D eigenvalue weighted by molar-refractivity contribution is 0.0545. The molecule has 0 aliphatic carbocycles. The molecule has 0 spiro atoms. The predicted octanol–water partition coefficient (Wildman–Crippen LogP) is 18.5. The van der Waals surface area contributed by atoms with Crippen molar-refractivity contribution in [2.45, 2.75) is 235 Å². The lowest BCUT2D eigenvalue weighted by atomic mass is 9.70. The summed E-state index contributed by atoms with van der Waals surface area (Å²) in [5.41, 5.74) is 9.31. The van der Waals surface area contributed by atoms with Gasteiger partial charge in [-0.15, -0.1) is 0 Å². The predicted molar refractivity (Wildman–Crippen MR) is 278 cm³/mol. The molecule has 0 heterocycles. The van der Waals surface area contributed by atoms with Crippen molar-refractivity contribution in [3.63, 3.8) is 0 Å². The van der Waals surface area contributed by atoms with Crippen molar-refractivity contribution in [3.8, 4) is 0 Å². The van der Waals surface area contributed by atoms with Crippen LogP contribution in [0.5, 0.6) is 0 Å². The van der Waals surface area contributed by atoms with Gasteiger partial charge in [-0.05, 0) is 124 Å². The summed E-state index contributed by atoms with van der Waals surface area (Å²) in [4.78, 5) is 0. The minimum absolute atomic E-state index is 0.0844. The first kappa shape index (κ1) is 53.8. The van der Waals surface area contributed by atoms with Gasteiger partial charge in [-0.3, -0.25) is 9.05 Å². The summed E-state index contributed by atoms with van der Waals surface area (Å²) >= 11 is 0. The Balaban J connectivity index is 2.18. The molecule has 0 aromatic heterocycles. The molecule has 2 nitrogen and oxygen atoms in total. The maximum absolute atomic E-state index is 18.5. The second-order valence-electron chi connectivity index (χ2n) is 27.5. The molecule has 4 aromatic rings. The SMILES string of the molecule is CC(C)(C)c1ccc(C(C)(OP(F)OC(C)(c2ccc(C(C)(C)C)cc2C(C)(C)C)c2ccc(C(C)(C)C)cc2C(C)(C)C)c2ccc(C(C)(C)C)cc2C(C)(C)C)c(C(C)(C)C)c1. The Morgan fingerprint density at radius 2 is 0.438 bits per heavy atom. The molecule has 4 aromatic carbocycles. The zero-order chi connectivity index (χ0) is 49.4. The van der Waals surface area contributed by atoms with E-state index in [4.69, 9.17) is 9.05 Å². The summed E-state index contributed by atoms with van der Waals surface area (Å²) < 4.78 is 33.1. The minimum Gasteiger partial charge on any atom is -0.293 e. The normalized spacial score (nSPS) is 14.4. The van der Waals surface area contributed by atoms with Crippen molar-refractivity contribution < 1.29 is 13.2 Å². The van der Waals surface area contributed by atoms with E-state index in [0.29, 0.717) is 0 Å². The van der Waals surface area contributed by atoms with Gasteiger partial charge in [0, 0.05) is 0 Å². The van der Waals surface area contributed by atoms with E-state index in [-0.39, 0.29) is 43.3 Å². The third-order valence-electron chi connectivity index (χ3n) is 13.3. The van der Waals surface area contributed by atoms with Gasteiger partial charge >= 0.3 is 8.69 Å². The summed E-state index contributed by atoms with van der Waals surface area (Å²) in [6.45, 7) is 58.2. The first-order valence-electron chi connectivity index (χ1n) is 23.9. The maximum atomic E-state index is 18.5. The Morgan fingerprint density at radius 3 is 0.578 bits per heavy atom. The summed E-state index contributed by atoms with van der Waals surface area (Å²) in [5.74, 6) is 0. The Hall–Kier alpha value is -2.84. The Kier molecular flexibility index (Phi) is 14.6. The van der Waals surface area contributed by atoms with Crippen LogP contribution in [0.2, 0.25) is 0 Å². The van der Waals surface area contributed by atoms with Crippen molar-refractivity contribution in [2.24, 2.45) is 0 Å². The highest BCUT2D eigenvalue weighted by molar-refractivity contribution is 7.41. The largest absolute Gasteiger partial charge is 0.377 e. The van der Waals surface area contributed by atoms with E-state index in [9.17, 15) is 0 Å². The summed E-state index contributed by atoms with van der Waals surface area (Å²) in [6, 6.07) is 27.0. The van der Waals surface area contributed by atoms with Crippen LogP contribution in [-0.4, -0.2) is 0 Å². The molecular formula is C60H90FO2P. The fraction of sp³-hybridized carbons (Fsp3) is 0.600. The topological polar surface area (TPSA) is 18.5 Å². The van der Waals surface area contributed by atoms with Crippen LogP contribution in [-0.2, 0) is 63.6 Å². The molecule has 0 saturated carbocycles. The molecule has 0 radical (unpaired) electrons. The molecular weight excluding hydrogens is 803 g/mol. The highest BCUT2D eigenvalue weighted by Gasteiger charge is 2.47. The first-order chi connectivity index (χ1) is 28.4. The van der Waals surface area contributed by atoms with Gasteiger partial charge in [-0.2, -0.15) is 4.20 Å². The minimum atomic E-state index is -3.06. The van der Waals surface area contributed by atoms with Crippen LogP contribution in [0.4, 0.5) is 4.20 Å². The Bertz CT molecular complexity index is 1980. The van der Waals surface area contributed by atoms with Crippen molar-refractivity contribution in [1.29, 1.82) is 0 Å². The van der Waals surface area contributed by atoms with Gasteiger partial charge in [-0.1, -0.05) is 239 Å².